The van der Waals surface area contributed by atoms with E-state index in [1.807, 2.05) is 0 Å². The Balaban J connectivity index is 1.75. The van der Waals surface area contributed by atoms with Gasteiger partial charge in [0.2, 0.25) is 0 Å². The van der Waals surface area contributed by atoms with Gasteiger partial charge in [0, 0.05) is 10.4 Å². The normalized spacial score (nSPS) is 15.7. The first-order valence-corrected chi connectivity index (χ1v) is 12.9. The van der Waals surface area contributed by atoms with Crippen molar-refractivity contribution >= 4 is 30.0 Å². The van der Waals surface area contributed by atoms with E-state index in [1.165, 1.54) is 15.3 Å². The molecule has 0 aliphatic carbocycles. The number of thiophene rings is 1. The zero-order valence-corrected chi connectivity index (χ0v) is 19.1. The van der Waals surface area contributed by atoms with Crippen LogP contribution in [0.3, 0.4) is 0 Å². The van der Waals surface area contributed by atoms with Crippen molar-refractivity contribution in [2.45, 2.75) is 38.7 Å². The lowest BCUT2D eigenvalue weighted by Crippen LogP contribution is -2.66. The second kappa shape index (κ2) is 8.54. The minimum atomic E-state index is -2.54. The van der Waals surface area contributed by atoms with Crippen LogP contribution in [0.15, 0.2) is 72.1 Å². The van der Waals surface area contributed by atoms with Gasteiger partial charge in [0.1, 0.15) is 0 Å². The van der Waals surface area contributed by atoms with Gasteiger partial charge in [0.05, 0.1) is 19.8 Å². The van der Waals surface area contributed by atoms with Gasteiger partial charge in [-0.05, 0) is 26.9 Å². The summed E-state index contributed by atoms with van der Waals surface area (Å²) in [4.78, 5) is 1.19. The summed E-state index contributed by atoms with van der Waals surface area (Å²) in [5.74, 6) is 0. The quantitative estimate of drug-likeness (QED) is 0.529. The molecule has 1 fully saturated rings. The highest BCUT2D eigenvalue weighted by Crippen LogP contribution is 2.38. The van der Waals surface area contributed by atoms with E-state index in [0.29, 0.717) is 19.8 Å². The molecule has 0 atom stereocenters. The second-order valence-electron chi connectivity index (χ2n) is 8.32. The maximum atomic E-state index is 7.05. The summed E-state index contributed by atoms with van der Waals surface area (Å²) in [6.07, 6.45) is -0.265. The lowest BCUT2D eigenvalue weighted by molar-refractivity contribution is -0.0448. The number of ether oxygens (including phenoxy) is 2. The first kappa shape index (κ1) is 20.5. The molecule has 5 heteroatoms. The van der Waals surface area contributed by atoms with E-state index in [4.69, 9.17) is 13.9 Å². The molecule has 1 aliphatic heterocycles. The summed E-state index contributed by atoms with van der Waals surface area (Å²) in [6, 6.07) is 23.6. The van der Waals surface area contributed by atoms with Crippen LogP contribution < -0.4 is 10.4 Å². The maximum absolute atomic E-state index is 7.05. The van der Waals surface area contributed by atoms with Crippen molar-refractivity contribution in [2.75, 3.05) is 13.2 Å². The Morgan fingerprint density at radius 1 is 0.897 bits per heavy atom. The summed E-state index contributed by atoms with van der Waals surface area (Å²) in [5.41, 5.74) is 1.10. The van der Waals surface area contributed by atoms with Crippen molar-refractivity contribution in [3.8, 4) is 0 Å². The molecule has 0 radical (unpaired) electrons. The minimum absolute atomic E-state index is 0.0342. The average Bonchev–Trinajstić information content (AvgIpc) is 3.41. The van der Waals surface area contributed by atoms with Crippen LogP contribution in [-0.4, -0.2) is 21.5 Å². The molecule has 0 amide bonds. The van der Waals surface area contributed by atoms with Crippen LogP contribution in [0, 0.1) is 0 Å². The summed E-state index contributed by atoms with van der Waals surface area (Å²) < 4.78 is 18.5. The molecule has 3 nitrogen and oxygen atoms in total. The highest BCUT2D eigenvalue weighted by molar-refractivity contribution is 7.10. The third-order valence-electron chi connectivity index (χ3n) is 5.49. The predicted molar refractivity (Wildman–Crippen MR) is 121 cm³/mol. The molecule has 0 bridgehead atoms. The third kappa shape index (κ3) is 3.98. The summed E-state index contributed by atoms with van der Waals surface area (Å²) in [6.45, 7) is 8.77. The standard InChI is InChI=1S/C24H28O3SSi/c1-24(2,3)29(19-10-6-4-7-11-19,20-12-8-5-9-13-20)27-18-22-21(14-17-28-22)23-25-15-16-26-23/h4-14,17,23H,15-16,18H2,1-3H3. The number of benzene rings is 2. The monoisotopic (exact) mass is 424 g/mol. The van der Waals surface area contributed by atoms with Crippen LogP contribution in [0.1, 0.15) is 37.5 Å². The Bertz CT molecular complexity index is 873. The van der Waals surface area contributed by atoms with E-state index < -0.39 is 8.32 Å². The zero-order chi connectivity index (χ0) is 20.3. The maximum Gasteiger partial charge on any atom is 0.261 e. The number of rotatable bonds is 6. The van der Waals surface area contributed by atoms with Crippen LogP contribution in [0.2, 0.25) is 5.04 Å². The highest BCUT2D eigenvalue weighted by Gasteiger charge is 2.50. The van der Waals surface area contributed by atoms with E-state index >= 15 is 0 Å². The molecule has 3 aromatic rings. The molecule has 0 unspecified atom stereocenters. The Kier molecular flexibility index (Phi) is 6.04. The summed E-state index contributed by atoms with van der Waals surface area (Å²) in [7, 11) is -2.54. The second-order valence-corrected chi connectivity index (χ2v) is 13.6. The van der Waals surface area contributed by atoms with Gasteiger partial charge in [-0.3, -0.25) is 0 Å². The van der Waals surface area contributed by atoms with E-state index in [9.17, 15) is 0 Å². The number of hydrogen-bond donors (Lipinski definition) is 0. The van der Waals surface area contributed by atoms with Gasteiger partial charge in [-0.2, -0.15) is 0 Å². The molecule has 4 rings (SSSR count). The number of hydrogen-bond acceptors (Lipinski definition) is 4. The molecule has 0 N–H and O–H groups in total. The fraction of sp³-hybridized carbons (Fsp3) is 0.333. The summed E-state index contributed by atoms with van der Waals surface area (Å²) >= 11 is 1.72. The Morgan fingerprint density at radius 2 is 1.45 bits per heavy atom. The molecule has 29 heavy (non-hydrogen) atoms. The molecular weight excluding hydrogens is 396 g/mol. The molecule has 1 saturated heterocycles. The van der Waals surface area contributed by atoms with E-state index in [0.717, 1.165) is 5.56 Å². The SMILES string of the molecule is CC(C)(C)[Si](OCc1sccc1C1OCCO1)(c1ccccc1)c1ccccc1. The van der Waals surface area contributed by atoms with Crippen LogP contribution in [-0.2, 0) is 20.5 Å². The highest BCUT2D eigenvalue weighted by atomic mass is 32.1. The predicted octanol–water partition coefficient (Wildman–Crippen LogP) is 4.87. The van der Waals surface area contributed by atoms with E-state index in [1.54, 1.807) is 11.3 Å². The molecular formula is C24H28O3SSi. The minimum Gasteiger partial charge on any atom is -0.402 e. The van der Waals surface area contributed by atoms with Gasteiger partial charge in [-0.15, -0.1) is 11.3 Å². The fourth-order valence-electron chi connectivity index (χ4n) is 4.15. The Morgan fingerprint density at radius 3 is 1.97 bits per heavy atom. The summed E-state index contributed by atoms with van der Waals surface area (Å²) in [5, 5.41) is 4.66. The van der Waals surface area contributed by atoms with Crippen molar-refractivity contribution in [3.63, 3.8) is 0 Å². The van der Waals surface area contributed by atoms with E-state index in [-0.39, 0.29) is 11.3 Å². The van der Waals surface area contributed by atoms with E-state index in [2.05, 4.69) is 92.9 Å². The Labute approximate surface area is 178 Å². The first-order valence-electron chi connectivity index (χ1n) is 10.1. The zero-order valence-electron chi connectivity index (χ0n) is 17.3. The van der Waals surface area contributed by atoms with Gasteiger partial charge >= 0.3 is 0 Å². The molecule has 2 heterocycles. The Hall–Kier alpha value is -1.76. The average molecular weight is 425 g/mol. The fourth-order valence-corrected chi connectivity index (χ4v) is 9.58. The van der Waals surface area contributed by atoms with Gasteiger partial charge in [0.25, 0.3) is 8.32 Å². The largest absolute Gasteiger partial charge is 0.402 e. The molecule has 1 aliphatic rings. The van der Waals surface area contributed by atoms with Crippen molar-refractivity contribution < 1.29 is 13.9 Å². The van der Waals surface area contributed by atoms with Crippen molar-refractivity contribution in [2.24, 2.45) is 0 Å². The van der Waals surface area contributed by atoms with Crippen molar-refractivity contribution in [1.29, 1.82) is 0 Å². The smallest absolute Gasteiger partial charge is 0.261 e. The molecule has 2 aromatic carbocycles. The molecule has 152 valence electrons. The van der Waals surface area contributed by atoms with Gasteiger partial charge in [-0.1, -0.05) is 81.4 Å². The topological polar surface area (TPSA) is 27.7 Å². The molecule has 0 spiro atoms. The molecule has 0 saturated carbocycles. The lowest BCUT2D eigenvalue weighted by Gasteiger charge is -2.43. The van der Waals surface area contributed by atoms with Crippen LogP contribution >= 0.6 is 11.3 Å². The molecule has 1 aromatic heterocycles. The first-order chi connectivity index (χ1) is 14.0. The van der Waals surface area contributed by atoms with Gasteiger partial charge in [0.15, 0.2) is 6.29 Å². The van der Waals surface area contributed by atoms with Crippen molar-refractivity contribution in [1.82, 2.24) is 0 Å². The van der Waals surface area contributed by atoms with Crippen LogP contribution in [0.4, 0.5) is 0 Å². The van der Waals surface area contributed by atoms with Crippen molar-refractivity contribution in [3.05, 3.63) is 82.6 Å². The lowest BCUT2D eigenvalue weighted by atomic mass is 10.2. The third-order valence-corrected chi connectivity index (χ3v) is 11.4. The van der Waals surface area contributed by atoms with Gasteiger partial charge in [-0.25, -0.2) is 0 Å². The van der Waals surface area contributed by atoms with Gasteiger partial charge < -0.3 is 13.9 Å². The van der Waals surface area contributed by atoms with Crippen LogP contribution in [0.25, 0.3) is 0 Å². The van der Waals surface area contributed by atoms with Crippen LogP contribution in [0.5, 0.6) is 0 Å².